The highest BCUT2D eigenvalue weighted by Crippen LogP contribution is 2.25. The van der Waals surface area contributed by atoms with Crippen LogP contribution in [0.15, 0.2) is 53.1 Å². The Kier molecular flexibility index (Phi) is 4.06. The van der Waals surface area contributed by atoms with Gasteiger partial charge in [-0.05, 0) is 55.3 Å². The Morgan fingerprint density at radius 1 is 1.13 bits per heavy atom. The molecule has 0 bridgehead atoms. The van der Waals surface area contributed by atoms with E-state index in [9.17, 15) is 0 Å². The van der Waals surface area contributed by atoms with E-state index >= 15 is 0 Å². The van der Waals surface area contributed by atoms with Crippen LogP contribution in [-0.4, -0.2) is 22.5 Å². The minimum absolute atomic E-state index is 0.109. The first-order valence-corrected chi connectivity index (χ1v) is 8.61. The zero-order chi connectivity index (χ0) is 15.6. The number of nitrogens with zero attached hydrogens (tertiary/aromatic N) is 2. The van der Waals surface area contributed by atoms with Crippen molar-refractivity contribution >= 4 is 21.4 Å². The van der Waals surface area contributed by atoms with Crippen LogP contribution in [0.1, 0.15) is 19.3 Å². The number of benzene rings is 1. The molecule has 0 spiro atoms. The highest BCUT2D eigenvalue weighted by molar-refractivity contribution is 9.10. The van der Waals surface area contributed by atoms with Gasteiger partial charge in [-0.2, -0.15) is 5.10 Å². The summed E-state index contributed by atoms with van der Waals surface area (Å²) in [7, 11) is 0. The summed E-state index contributed by atoms with van der Waals surface area (Å²) in [6, 6.07) is 14.1. The van der Waals surface area contributed by atoms with Gasteiger partial charge >= 0.3 is 0 Å². The molecule has 1 atom stereocenters. The molecule has 1 fully saturated rings. The van der Waals surface area contributed by atoms with Gasteiger partial charge in [0.15, 0.2) is 6.29 Å². The summed E-state index contributed by atoms with van der Waals surface area (Å²) in [5.74, 6) is 0.840. The van der Waals surface area contributed by atoms with E-state index in [4.69, 9.17) is 9.47 Å². The zero-order valence-electron chi connectivity index (χ0n) is 12.6. The van der Waals surface area contributed by atoms with E-state index in [0.717, 1.165) is 46.4 Å². The van der Waals surface area contributed by atoms with Crippen LogP contribution in [-0.2, 0) is 4.74 Å². The lowest BCUT2D eigenvalue weighted by molar-refractivity contribution is -0.105. The molecule has 0 saturated carbocycles. The summed E-state index contributed by atoms with van der Waals surface area (Å²) in [6.07, 6.45) is 5.09. The molecule has 23 heavy (non-hydrogen) atoms. The summed E-state index contributed by atoms with van der Waals surface area (Å²) in [5, 5.41) is 4.60. The van der Waals surface area contributed by atoms with Gasteiger partial charge in [0.05, 0.1) is 17.8 Å². The Morgan fingerprint density at radius 3 is 2.78 bits per heavy atom. The molecule has 0 N–H and O–H groups in total. The highest BCUT2D eigenvalue weighted by Gasteiger charge is 2.15. The molecule has 1 saturated heterocycles. The predicted molar refractivity (Wildman–Crippen MR) is 92.5 cm³/mol. The van der Waals surface area contributed by atoms with Crippen LogP contribution in [0.2, 0.25) is 0 Å². The first-order chi connectivity index (χ1) is 11.3. The maximum Gasteiger partial charge on any atom is 0.199 e. The SMILES string of the molecule is Brc1ccn2nc(-c3ccc(OC4CCCCO4)cc3)cc2c1. The van der Waals surface area contributed by atoms with Crippen molar-refractivity contribution in [2.24, 2.45) is 0 Å². The van der Waals surface area contributed by atoms with Gasteiger partial charge in [-0.1, -0.05) is 15.9 Å². The molecule has 4 nitrogen and oxygen atoms in total. The molecule has 1 unspecified atom stereocenters. The van der Waals surface area contributed by atoms with Crippen LogP contribution in [0, 0.1) is 0 Å². The van der Waals surface area contributed by atoms with Crippen LogP contribution in [0.3, 0.4) is 0 Å². The maximum absolute atomic E-state index is 5.87. The van der Waals surface area contributed by atoms with Crippen LogP contribution in [0.4, 0.5) is 0 Å². The standard InChI is InChI=1S/C18H17BrN2O2/c19-14-8-9-21-15(11-14)12-17(20-21)13-4-6-16(7-5-13)23-18-3-1-2-10-22-18/h4-9,11-12,18H,1-3,10H2. The Labute approximate surface area is 143 Å². The molecular formula is C18H17BrN2O2. The Bertz CT molecular complexity index is 808. The van der Waals surface area contributed by atoms with Gasteiger partial charge in [0.2, 0.25) is 0 Å². The number of hydrogen-bond acceptors (Lipinski definition) is 3. The summed E-state index contributed by atoms with van der Waals surface area (Å²) >= 11 is 3.49. The van der Waals surface area contributed by atoms with Crippen LogP contribution in [0.5, 0.6) is 5.75 Å². The van der Waals surface area contributed by atoms with Gasteiger partial charge in [-0.3, -0.25) is 0 Å². The quantitative estimate of drug-likeness (QED) is 0.670. The number of ether oxygens (including phenoxy) is 2. The highest BCUT2D eigenvalue weighted by atomic mass is 79.9. The molecule has 1 aliphatic rings. The number of fused-ring (bicyclic) bond motifs is 1. The largest absolute Gasteiger partial charge is 0.465 e. The lowest BCUT2D eigenvalue weighted by Crippen LogP contribution is -2.24. The minimum atomic E-state index is -0.109. The minimum Gasteiger partial charge on any atom is -0.465 e. The van der Waals surface area contributed by atoms with Crippen molar-refractivity contribution in [2.45, 2.75) is 25.6 Å². The third-order valence-corrected chi connectivity index (χ3v) is 4.47. The predicted octanol–water partition coefficient (Wildman–Crippen LogP) is 4.67. The normalized spacial score (nSPS) is 18.2. The van der Waals surface area contributed by atoms with Gasteiger partial charge in [-0.25, -0.2) is 4.52 Å². The van der Waals surface area contributed by atoms with Gasteiger partial charge in [0.25, 0.3) is 0 Å². The van der Waals surface area contributed by atoms with Crippen molar-refractivity contribution in [1.82, 2.24) is 9.61 Å². The summed E-state index contributed by atoms with van der Waals surface area (Å²) in [4.78, 5) is 0. The third kappa shape index (κ3) is 3.26. The summed E-state index contributed by atoms with van der Waals surface area (Å²) < 4.78 is 14.4. The second-order valence-corrected chi connectivity index (χ2v) is 6.60. The second-order valence-electron chi connectivity index (χ2n) is 5.68. The molecule has 118 valence electrons. The molecule has 2 aromatic heterocycles. The van der Waals surface area contributed by atoms with Gasteiger partial charge < -0.3 is 9.47 Å². The maximum atomic E-state index is 5.87. The number of halogens is 1. The molecule has 0 aliphatic carbocycles. The molecular weight excluding hydrogens is 356 g/mol. The van der Waals surface area contributed by atoms with E-state index in [1.54, 1.807) is 0 Å². The van der Waals surface area contributed by atoms with Crippen molar-refractivity contribution in [2.75, 3.05) is 6.61 Å². The van der Waals surface area contributed by atoms with Crippen LogP contribution < -0.4 is 4.74 Å². The first kappa shape index (κ1) is 14.7. The fourth-order valence-electron chi connectivity index (χ4n) is 2.77. The third-order valence-electron chi connectivity index (χ3n) is 3.98. The summed E-state index contributed by atoms with van der Waals surface area (Å²) in [5.41, 5.74) is 3.08. The Hall–Kier alpha value is -1.85. The molecule has 3 heterocycles. The molecule has 1 aliphatic heterocycles. The monoisotopic (exact) mass is 372 g/mol. The lowest BCUT2D eigenvalue weighted by atomic mass is 10.1. The van der Waals surface area contributed by atoms with Crippen molar-refractivity contribution in [3.63, 3.8) is 0 Å². The van der Waals surface area contributed by atoms with Crippen molar-refractivity contribution in [1.29, 1.82) is 0 Å². The van der Waals surface area contributed by atoms with Crippen LogP contribution in [0.25, 0.3) is 16.8 Å². The van der Waals surface area contributed by atoms with Gasteiger partial charge in [-0.15, -0.1) is 0 Å². The fourth-order valence-corrected chi connectivity index (χ4v) is 3.12. The van der Waals surface area contributed by atoms with Crippen molar-refractivity contribution in [3.05, 3.63) is 53.1 Å². The molecule has 1 aromatic carbocycles. The van der Waals surface area contributed by atoms with E-state index in [1.807, 2.05) is 47.1 Å². The topological polar surface area (TPSA) is 35.8 Å². The van der Waals surface area contributed by atoms with Crippen molar-refractivity contribution < 1.29 is 9.47 Å². The first-order valence-electron chi connectivity index (χ1n) is 7.81. The second kappa shape index (κ2) is 6.34. The van der Waals surface area contributed by atoms with E-state index < -0.39 is 0 Å². The summed E-state index contributed by atoms with van der Waals surface area (Å²) in [6.45, 7) is 0.791. The number of pyridine rings is 1. The van der Waals surface area contributed by atoms with E-state index in [0.29, 0.717) is 0 Å². The van der Waals surface area contributed by atoms with Crippen molar-refractivity contribution in [3.8, 4) is 17.0 Å². The average Bonchev–Trinajstić information content (AvgIpc) is 2.99. The van der Waals surface area contributed by atoms with Crippen LogP contribution >= 0.6 is 15.9 Å². The van der Waals surface area contributed by atoms with E-state index in [-0.39, 0.29) is 6.29 Å². The van der Waals surface area contributed by atoms with E-state index in [2.05, 4.69) is 27.1 Å². The number of aromatic nitrogens is 2. The fraction of sp³-hybridized carbons (Fsp3) is 0.278. The molecule has 0 amide bonds. The number of rotatable bonds is 3. The van der Waals surface area contributed by atoms with E-state index in [1.165, 1.54) is 6.42 Å². The average molecular weight is 373 g/mol. The molecule has 5 heteroatoms. The number of hydrogen-bond donors (Lipinski definition) is 0. The Balaban J connectivity index is 1.54. The lowest BCUT2D eigenvalue weighted by Gasteiger charge is -2.23. The zero-order valence-corrected chi connectivity index (χ0v) is 14.2. The van der Waals surface area contributed by atoms with Gasteiger partial charge in [0, 0.05) is 22.7 Å². The molecule has 3 aromatic rings. The molecule has 4 rings (SSSR count). The smallest absolute Gasteiger partial charge is 0.199 e. The van der Waals surface area contributed by atoms with Gasteiger partial charge in [0.1, 0.15) is 5.75 Å². The molecule has 0 radical (unpaired) electrons. The Morgan fingerprint density at radius 2 is 2.00 bits per heavy atom.